The minimum Gasteiger partial charge on any atom is -0.224 e. The predicted molar refractivity (Wildman–Crippen MR) is 45.0 cm³/mol. The number of hydrogen-bond donors (Lipinski definition) is 0. The molecule has 2 rings (SSSR count). The largest absolute Gasteiger partial charge is 0.224 e. The Labute approximate surface area is 68.8 Å². The summed E-state index contributed by atoms with van der Waals surface area (Å²) in [6.45, 7) is 4.26. The second-order valence-corrected chi connectivity index (χ2v) is 3.56. The second-order valence-electron chi connectivity index (χ2n) is 2.79. The summed E-state index contributed by atoms with van der Waals surface area (Å²) in [5, 5.41) is 4.34. The molecule has 11 heavy (non-hydrogen) atoms. The maximum absolute atomic E-state index is 4.34. The molecule has 3 nitrogen and oxygen atoms in total. The van der Waals surface area contributed by atoms with Crippen LogP contribution in [0.1, 0.15) is 25.5 Å². The van der Waals surface area contributed by atoms with Crippen molar-refractivity contribution < 1.29 is 0 Å². The molecule has 2 aromatic rings. The van der Waals surface area contributed by atoms with E-state index in [-0.39, 0.29) is 0 Å². The first-order valence-corrected chi connectivity index (χ1v) is 4.40. The second kappa shape index (κ2) is 2.30. The van der Waals surface area contributed by atoms with E-state index >= 15 is 0 Å². The highest BCUT2D eigenvalue weighted by atomic mass is 32.1. The third-order valence-electron chi connectivity index (χ3n) is 1.60. The molecular formula is C7H9N3S. The van der Waals surface area contributed by atoms with Crippen LogP contribution in [0.5, 0.6) is 0 Å². The normalized spacial score (nSPS) is 11.5. The van der Waals surface area contributed by atoms with Crippen molar-refractivity contribution in [2.45, 2.75) is 19.8 Å². The van der Waals surface area contributed by atoms with Crippen molar-refractivity contribution in [2.24, 2.45) is 0 Å². The third kappa shape index (κ3) is 1.03. The van der Waals surface area contributed by atoms with Crippen molar-refractivity contribution >= 4 is 17.2 Å². The van der Waals surface area contributed by atoms with Crippen molar-refractivity contribution in [3.8, 4) is 0 Å². The fourth-order valence-corrected chi connectivity index (χ4v) is 1.53. The van der Waals surface area contributed by atoms with Crippen molar-refractivity contribution in [1.29, 1.82) is 0 Å². The van der Waals surface area contributed by atoms with Crippen LogP contribution in [-0.4, -0.2) is 14.0 Å². The van der Waals surface area contributed by atoms with Crippen LogP contribution in [0.2, 0.25) is 0 Å². The minimum atomic E-state index is 0.490. The zero-order chi connectivity index (χ0) is 7.84. The van der Waals surface area contributed by atoms with Gasteiger partial charge in [-0.25, -0.2) is 4.98 Å². The first kappa shape index (κ1) is 6.79. The Bertz CT molecular complexity index is 332. The summed E-state index contributed by atoms with van der Waals surface area (Å²) in [6, 6.07) is 2.03. The molecule has 0 aliphatic rings. The lowest BCUT2D eigenvalue weighted by Gasteiger charge is -1.94. The number of aromatic nitrogens is 3. The monoisotopic (exact) mass is 167 g/mol. The van der Waals surface area contributed by atoms with Gasteiger partial charge in [-0.1, -0.05) is 13.8 Å². The molecule has 2 aromatic heterocycles. The van der Waals surface area contributed by atoms with Crippen LogP contribution in [0.15, 0.2) is 11.6 Å². The highest BCUT2D eigenvalue weighted by molar-refractivity contribution is 7.04. The quantitative estimate of drug-likeness (QED) is 0.649. The van der Waals surface area contributed by atoms with Gasteiger partial charge in [0.2, 0.25) is 0 Å². The van der Waals surface area contributed by atoms with E-state index in [0.29, 0.717) is 5.92 Å². The Morgan fingerprint density at radius 1 is 1.55 bits per heavy atom. The van der Waals surface area contributed by atoms with E-state index in [4.69, 9.17) is 0 Å². The molecule has 0 aliphatic carbocycles. The van der Waals surface area contributed by atoms with Crippen molar-refractivity contribution in [2.75, 3.05) is 0 Å². The SMILES string of the molecule is CC(C)c1cc2ncsn2n1. The molecule has 2 heterocycles. The standard InChI is InChI=1S/C7H9N3S/c1-5(2)6-3-7-8-4-11-10(7)9-6/h3-5H,1-2H3. The maximum atomic E-state index is 4.34. The van der Waals surface area contributed by atoms with Gasteiger partial charge in [0.25, 0.3) is 0 Å². The summed E-state index contributed by atoms with van der Waals surface area (Å²) < 4.78 is 1.84. The first-order chi connectivity index (χ1) is 5.27. The molecule has 0 radical (unpaired) electrons. The van der Waals surface area contributed by atoms with Gasteiger partial charge < -0.3 is 0 Å². The summed E-state index contributed by atoms with van der Waals surface area (Å²) in [5.74, 6) is 0.490. The zero-order valence-corrected chi connectivity index (χ0v) is 7.30. The van der Waals surface area contributed by atoms with Gasteiger partial charge in [-0.2, -0.15) is 9.00 Å². The Morgan fingerprint density at radius 3 is 3.00 bits per heavy atom. The summed E-state index contributed by atoms with van der Waals surface area (Å²) in [6.07, 6.45) is 0. The molecule has 0 saturated heterocycles. The van der Waals surface area contributed by atoms with Crippen LogP contribution in [0.4, 0.5) is 0 Å². The topological polar surface area (TPSA) is 30.2 Å². The van der Waals surface area contributed by atoms with E-state index in [1.165, 1.54) is 11.5 Å². The number of rotatable bonds is 1. The Kier molecular flexibility index (Phi) is 1.42. The van der Waals surface area contributed by atoms with Gasteiger partial charge >= 0.3 is 0 Å². The maximum Gasteiger partial charge on any atom is 0.167 e. The lowest BCUT2D eigenvalue weighted by atomic mass is 10.1. The smallest absolute Gasteiger partial charge is 0.167 e. The number of fused-ring (bicyclic) bond motifs is 1. The van der Waals surface area contributed by atoms with E-state index in [1.807, 2.05) is 9.97 Å². The lowest BCUT2D eigenvalue weighted by Crippen LogP contribution is -1.87. The van der Waals surface area contributed by atoms with E-state index in [2.05, 4.69) is 23.9 Å². The minimum absolute atomic E-state index is 0.490. The molecule has 0 amide bonds. The average molecular weight is 167 g/mol. The van der Waals surface area contributed by atoms with E-state index in [9.17, 15) is 0 Å². The van der Waals surface area contributed by atoms with E-state index < -0.39 is 0 Å². The van der Waals surface area contributed by atoms with Crippen LogP contribution < -0.4 is 0 Å². The molecule has 0 aromatic carbocycles. The van der Waals surface area contributed by atoms with Crippen LogP contribution in [0.3, 0.4) is 0 Å². The summed E-state index contributed by atoms with van der Waals surface area (Å²) in [7, 11) is 0. The Morgan fingerprint density at radius 2 is 2.36 bits per heavy atom. The third-order valence-corrected chi connectivity index (χ3v) is 2.27. The summed E-state index contributed by atoms with van der Waals surface area (Å²) >= 11 is 1.52. The molecule has 58 valence electrons. The zero-order valence-electron chi connectivity index (χ0n) is 6.48. The van der Waals surface area contributed by atoms with Gasteiger partial charge in [-0.05, 0) is 17.5 Å². The molecule has 0 fully saturated rings. The molecule has 0 N–H and O–H groups in total. The van der Waals surface area contributed by atoms with Gasteiger partial charge in [-0.3, -0.25) is 0 Å². The van der Waals surface area contributed by atoms with E-state index in [1.54, 1.807) is 5.51 Å². The van der Waals surface area contributed by atoms with Crippen LogP contribution in [-0.2, 0) is 0 Å². The molecular weight excluding hydrogens is 158 g/mol. The predicted octanol–water partition coefficient (Wildman–Crippen LogP) is 1.91. The molecule has 0 atom stereocenters. The van der Waals surface area contributed by atoms with Crippen LogP contribution in [0.25, 0.3) is 5.65 Å². The van der Waals surface area contributed by atoms with Gasteiger partial charge in [0.1, 0.15) is 5.51 Å². The van der Waals surface area contributed by atoms with Gasteiger partial charge in [0.15, 0.2) is 5.65 Å². The first-order valence-electron chi connectivity index (χ1n) is 3.57. The fraction of sp³-hybridized carbons (Fsp3) is 0.429. The Balaban J connectivity index is 2.58. The van der Waals surface area contributed by atoms with Crippen LogP contribution in [0, 0.1) is 0 Å². The molecule has 0 saturated carbocycles. The highest BCUT2D eigenvalue weighted by Crippen LogP contribution is 2.15. The van der Waals surface area contributed by atoms with Crippen molar-refractivity contribution in [3.05, 3.63) is 17.3 Å². The molecule has 0 spiro atoms. The van der Waals surface area contributed by atoms with Crippen molar-refractivity contribution in [3.63, 3.8) is 0 Å². The number of nitrogens with zero attached hydrogens (tertiary/aromatic N) is 3. The average Bonchev–Trinajstić information content (AvgIpc) is 2.40. The van der Waals surface area contributed by atoms with Gasteiger partial charge in [0, 0.05) is 6.07 Å². The van der Waals surface area contributed by atoms with Gasteiger partial charge in [0.05, 0.1) is 5.69 Å². The van der Waals surface area contributed by atoms with Crippen molar-refractivity contribution in [1.82, 2.24) is 14.0 Å². The molecule has 4 heteroatoms. The molecule has 0 aliphatic heterocycles. The fourth-order valence-electron chi connectivity index (χ4n) is 0.941. The lowest BCUT2D eigenvalue weighted by molar-refractivity contribution is 0.804. The summed E-state index contributed by atoms with van der Waals surface area (Å²) in [4.78, 5) is 4.14. The Hall–Kier alpha value is -0.900. The molecule has 0 bridgehead atoms. The summed E-state index contributed by atoms with van der Waals surface area (Å²) in [5.41, 5.74) is 3.87. The number of hydrogen-bond acceptors (Lipinski definition) is 3. The van der Waals surface area contributed by atoms with Gasteiger partial charge in [-0.15, -0.1) is 0 Å². The molecule has 0 unspecified atom stereocenters. The van der Waals surface area contributed by atoms with E-state index in [0.717, 1.165) is 11.3 Å². The van der Waals surface area contributed by atoms with Crippen LogP contribution >= 0.6 is 11.5 Å². The highest BCUT2D eigenvalue weighted by Gasteiger charge is 2.05.